The van der Waals surface area contributed by atoms with E-state index < -0.39 is 52.0 Å². The number of aliphatic hydroxyl groups excluding tert-OH is 2. The van der Waals surface area contributed by atoms with Gasteiger partial charge in [-0.3, -0.25) is 14.4 Å². The number of aromatic nitrogens is 1. The minimum absolute atomic E-state index is 0.0508. The van der Waals surface area contributed by atoms with Crippen LogP contribution in [0.25, 0.3) is 5.76 Å². The monoisotopic (exact) mass is 508 g/mol. The van der Waals surface area contributed by atoms with Gasteiger partial charge in [0.25, 0.3) is 5.91 Å². The number of carbonyl (C=O) groups is 3. The average molecular weight is 509 g/mol. The second kappa shape index (κ2) is 8.41. The van der Waals surface area contributed by atoms with Gasteiger partial charge in [0, 0.05) is 56.6 Å². The lowest BCUT2D eigenvalue weighted by molar-refractivity contribution is -0.147. The Morgan fingerprint density at radius 1 is 1.24 bits per heavy atom. The third kappa shape index (κ3) is 3.49. The van der Waals surface area contributed by atoms with Gasteiger partial charge in [0.15, 0.2) is 11.4 Å². The summed E-state index contributed by atoms with van der Waals surface area (Å²) in [5.74, 6) is -6.46. The highest BCUT2D eigenvalue weighted by Gasteiger charge is 2.60. The van der Waals surface area contributed by atoms with E-state index in [1.54, 1.807) is 18.5 Å². The SMILES string of the molecule is CN(C)c1cc(NCc2cc[nH]c2)c(O)c2c1C[C@H]1C[C@H]3CC(=O)C(C(N)=O)=C(O)[C@@]3(O)C(=O)C1=C2O. The molecule has 1 fully saturated rings. The van der Waals surface area contributed by atoms with Crippen LogP contribution < -0.4 is 16.0 Å². The predicted octanol–water partition coefficient (Wildman–Crippen LogP) is 1.43. The summed E-state index contributed by atoms with van der Waals surface area (Å²) in [6.45, 7) is 0.381. The summed E-state index contributed by atoms with van der Waals surface area (Å²) >= 11 is 0. The maximum Gasteiger partial charge on any atom is 0.255 e. The molecule has 1 aromatic carbocycles. The number of ketones is 2. The number of aromatic amines is 1. The molecule has 0 radical (unpaired) electrons. The minimum Gasteiger partial charge on any atom is -0.508 e. The van der Waals surface area contributed by atoms with Crippen molar-refractivity contribution in [1.29, 1.82) is 0 Å². The first-order valence-electron chi connectivity index (χ1n) is 11.9. The number of phenols is 1. The Kier molecular flexibility index (Phi) is 5.56. The quantitative estimate of drug-likeness (QED) is 0.231. The highest BCUT2D eigenvalue weighted by molar-refractivity contribution is 6.22. The van der Waals surface area contributed by atoms with E-state index in [-0.39, 0.29) is 36.1 Å². The van der Waals surface area contributed by atoms with Crippen molar-refractivity contribution in [2.24, 2.45) is 17.6 Å². The number of fused-ring (bicyclic) bond motifs is 3. The van der Waals surface area contributed by atoms with Crippen LogP contribution in [0.3, 0.4) is 0 Å². The van der Waals surface area contributed by atoms with Gasteiger partial charge in [0.1, 0.15) is 22.8 Å². The molecule has 0 saturated heterocycles. The molecule has 0 aliphatic heterocycles. The second-order valence-electron chi connectivity index (χ2n) is 10.0. The molecule has 5 rings (SSSR count). The number of nitrogens with two attached hydrogens (primary N) is 1. The van der Waals surface area contributed by atoms with Crippen molar-refractivity contribution in [2.45, 2.75) is 31.4 Å². The third-order valence-corrected chi connectivity index (χ3v) is 7.67. The van der Waals surface area contributed by atoms with Crippen LogP contribution in [0.2, 0.25) is 0 Å². The van der Waals surface area contributed by atoms with Gasteiger partial charge < -0.3 is 41.4 Å². The zero-order valence-corrected chi connectivity index (χ0v) is 20.3. The van der Waals surface area contributed by atoms with Crippen LogP contribution in [0.4, 0.5) is 11.4 Å². The highest BCUT2D eigenvalue weighted by atomic mass is 16.3. The Morgan fingerprint density at radius 2 is 1.97 bits per heavy atom. The van der Waals surface area contributed by atoms with E-state index in [0.717, 1.165) is 5.56 Å². The number of hydrogen-bond donors (Lipinski definition) is 7. The molecule has 8 N–H and O–H groups in total. The number of rotatable bonds is 5. The van der Waals surface area contributed by atoms with Gasteiger partial charge >= 0.3 is 0 Å². The number of phenolic OH excluding ortho intramolecular Hbond substituents is 1. The fourth-order valence-electron chi connectivity index (χ4n) is 5.87. The Hall–Kier alpha value is -4.25. The van der Waals surface area contributed by atoms with E-state index >= 15 is 0 Å². The highest BCUT2D eigenvalue weighted by Crippen LogP contribution is 2.54. The van der Waals surface area contributed by atoms with E-state index in [4.69, 9.17) is 5.73 Å². The van der Waals surface area contributed by atoms with E-state index in [0.29, 0.717) is 23.5 Å². The molecule has 1 amide bonds. The van der Waals surface area contributed by atoms with Crippen LogP contribution >= 0.6 is 0 Å². The smallest absolute Gasteiger partial charge is 0.255 e. The maximum absolute atomic E-state index is 13.7. The first-order valence-corrected chi connectivity index (χ1v) is 11.9. The van der Waals surface area contributed by atoms with E-state index in [2.05, 4.69) is 10.3 Å². The lowest BCUT2D eigenvalue weighted by Gasteiger charge is -2.46. The molecule has 1 heterocycles. The molecule has 0 bridgehead atoms. The number of nitrogens with one attached hydrogen (secondary N) is 2. The molecule has 0 unspecified atom stereocenters. The van der Waals surface area contributed by atoms with E-state index in [9.17, 15) is 34.8 Å². The van der Waals surface area contributed by atoms with Gasteiger partial charge in [-0.2, -0.15) is 0 Å². The maximum atomic E-state index is 13.7. The molecule has 1 aromatic heterocycles. The largest absolute Gasteiger partial charge is 0.508 e. The van der Waals surface area contributed by atoms with Crippen molar-refractivity contribution in [3.05, 3.63) is 58.1 Å². The van der Waals surface area contributed by atoms with E-state index in [1.807, 2.05) is 25.1 Å². The van der Waals surface area contributed by atoms with Gasteiger partial charge in [0.2, 0.25) is 5.78 Å². The number of benzene rings is 1. The lowest BCUT2D eigenvalue weighted by atomic mass is 9.59. The fraction of sp³-hybridized carbons (Fsp3) is 0.346. The summed E-state index contributed by atoms with van der Waals surface area (Å²) in [6.07, 6.45) is 3.55. The summed E-state index contributed by atoms with van der Waals surface area (Å²) in [5.41, 5.74) is 4.30. The number of hydrogen-bond acceptors (Lipinski definition) is 9. The van der Waals surface area contributed by atoms with Gasteiger partial charge in [-0.15, -0.1) is 0 Å². The number of Topliss-reactive ketones (excluding diaryl/α,β-unsaturated/α-hetero) is 2. The van der Waals surface area contributed by atoms with Crippen molar-refractivity contribution in [3.8, 4) is 5.75 Å². The van der Waals surface area contributed by atoms with E-state index in [1.165, 1.54) is 0 Å². The normalized spacial score (nSPS) is 24.9. The molecule has 3 aliphatic rings. The molecule has 0 spiro atoms. The summed E-state index contributed by atoms with van der Waals surface area (Å²) in [6, 6.07) is 3.63. The molecule has 3 atom stereocenters. The lowest BCUT2D eigenvalue weighted by Crippen LogP contribution is -2.58. The molecule has 37 heavy (non-hydrogen) atoms. The van der Waals surface area contributed by atoms with Crippen LogP contribution in [0, 0.1) is 11.8 Å². The van der Waals surface area contributed by atoms with Crippen LogP contribution in [-0.2, 0) is 27.3 Å². The number of H-pyrrole nitrogens is 1. The Morgan fingerprint density at radius 3 is 2.59 bits per heavy atom. The first kappa shape index (κ1) is 24.4. The molecular weight excluding hydrogens is 480 g/mol. The Balaban J connectivity index is 1.66. The van der Waals surface area contributed by atoms with Crippen molar-refractivity contribution >= 4 is 34.6 Å². The van der Waals surface area contributed by atoms with Crippen molar-refractivity contribution in [2.75, 3.05) is 24.3 Å². The summed E-state index contributed by atoms with van der Waals surface area (Å²) in [7, 11) is 3.63. The summed E-state index contributed by atoms with van der Waals surface area (Å²) < 4.78 is 0. The number of anilines is 2. The molecule has 1 saturated carbocycles. The average Bonchev–Trinajstić information content (AvgIpc) is 3.34. The van der Waals surface area contributed by atoms with Crippen LogP contribution in [0.15, 0.2) is 41.4 Å². The molecule has 3 aliphatic carbocycles. The Labute approximate surface area is 211 Å². The van der Waals surface area contributed by atoms with Gasteiger partial charge in [-0.25, -0.2) is 0 Å². The summed E-state index contributed by atoms with van der Waals surface area (Å²) in [4.78, 5) is 42.7. The number of primary amides is 1. The van der Waals surface area contributed by atoms with Crippen molar-refractivity contribution in [1.82, 2.24) is 4.98 Å². The van der Waals surface area contributed by atoms with Gasteiger partial charge in [0.05, 0.1) is 11.3 Å². The number of nitrogens with zero attached hydrogens (tertiary/aromatic N) is 1. The van der Waals surface area contributed by atoms with Gasteiger partial charge in [-0.05, 0) is 42.0 Å². The fourth-order valence-corrected chi connectivity index (χ4v) is 5.87. The van der Waals surface area contributed by atoms with Crippen molar-refractivity contribution in [3.63, 3.8) is 0 Å². The number of aliphatic hydroxyl groups is 3. The first-order chi connectivity index (χ1) is 17.5. The second-order valence-corrected chi connectivity index (χ2v) is 10.0. The third-order valence-electron chi connectivity index (χ3n) is 7.67. The zero-order valence-electron chi connectivity index (χ0n) is 20.3. The van der Waals surface area contributed by atoms with Crippen LogP contribution in [0.5, 0.6) is 5.75 Å². The molecular formula is C26H28N4O7. The minimum atomic E-state index is -2.58. The van der Waals surface area contributed by atoms with Crippen molar-refractivity contribution < 1.29 is 34.8 Å². The number of carbonyl (C=O) groups excluding carboxylic acids is 3. The zero-order chi connectivity index (χ0) is 26.8. The topological polar surface area (TPSA) is 189 Å². The molecule has 2 aromatic rings. The van der Waals surface area contributed by atoms with Crippen LogP contribution in [0.1, 0.15) is 29.5 Å². The molecule has 11 heteroatoms. The van der Waals surface area contributed by atoms with Crippen LogP contribution in [-0.4, -0.2) is 62.6 Å². The number of amides is 1. The predicted molar refractivity (Wildman–Crippen MR) is 134 cm³/mol. The van der Waals surface area contributed by atoms with Gasteiger partial charge in [-0.1, -0.05) is 0 Å². The molecule has 11 nitrogen and oxygen atoms in total. The Bertz CT molecular complexity index is 1410. The standard InChI is InChI=1S/C26H28N4O7/c1-30(2)16-8-15(29-10-11-3-4-28-9-11)21(32)19-14(16)6-12-5-13-7-17(31)20(25(27)36)24(35)26(13,37)23(34)18(12)22(19)33/h3-4,8-9,12-13,28-29,32-33,35,37H,5-7,10H2,1-2H3,(H2,27,36)/t12-,13+,26+/m1/s1. The summed E-state index contributed by atoms with van der Waals surface area (Å²) in [5, 5.41) is 47.8. The molecule has 194 valence electrons. The number of aromatic hydroxyl groups is 1.